The minimum absolute atomic E-state index is 0.216. The first-order valence-electron chi connectivity index (χ1n) is 7.89. The van der Waals surface area contributed by atoms with Crippen molar-refractivity contribution in [3.63, 3.8) is 0 Å². The number of carbonyl (C=O) groups is 2. The number of carbonyl (C=O) groups excluding carboxylic acids is 2. The van der Waals surface area contributed by atoms with Gasteiger partial charge in [0.25, 0.3) is 0 Å². The van der Waals surface area contributed by atoms with Crippen LogP contribution in [0.15, 0.2) is 0 Å². The Kier molecular flexibility index (Phi) is 7.55. The lowest BCUT2D eigenvalue weighted by Crippen LogP contribution is -2.41. The molecule has 0 aliphatic carbocycles. The average Bonchev–Trinajstić information content (AvgIpc) is 2.30. The zero-order valence-electron chi connectivity index (χ0n) is 15.5. The average molecular weight is 315 g/mol. The van der Waals surface area contributed by atoms with E-state index in [1.165, 1.54) is 0 Å². The lowest BCUT2D eigenvalue weighted by Gasteiger charge is -2.30. The molecule has 0 aromatic rings. The first-order valence-corrected chi connectivity index (χ1v) is 7.89. The highest BCUT2D eigenvalue weighted by molar-refractivity contribution is 5.70. The van der Waals surface area contributed by atoms with Gasteiger partial charge in [0.15, 0.2) is 0 Å². The highest BCUT2D eigenvalue weighted by Crippen LogP contribution is 2.21. The van der Waals surface area contributed by atoms with Crippen LogP contribution in [0.1, 0.15) is 74.1 Å². The lowest BCUT2D eigenvalue weighted by molar-refractivity contribution is -0.155. The van der Waals surface area contributed by atoms with Crippen molar-refractivity contribution >= 4 is 11.9 Å². The van der Waals surface area contributed by atoms with E-state index in [2.05, 4.69) is 5.32 Å². The third-order valence-corrected chi connectivity index (χ3v) is 3.21. The number of esters is 2. The van der Waals surface area contributed by atoms with Crippen molar-refractivity contribution in [3.05, 3.63) is 0 Å². The summed E-state index contributed by atoms with van der Waals surface area (Å²) in [4.78, 5) is 23.6. The molecule has 22 heavy (non-hydrogen) atoms. The van der Waals surface area contributed by atoms with Crippen molar-refractivity contribution in [2.75, 3.05) is 7.05 Å². The van der Waals surface area contributed by atoms with Gasteiger partial charge in [0.05, 0.1) is 0 Å². The molecule has 0 radical (unpaired) electrons. The summed E-state index contributed by atoms with van der Waals surface area (Å²) in [5.41, 5.74) is -1.24. The van der Waals surface area contributed by atoms with Crippen LogP contribution in [0.3, 0.4) is 0 Å². The van der Waals surface area contributed by atoms with Gasteiger partial charge in [-0.15, -0.1) is 0 Å². The van der Waals surface area contributed by atoms with Crippen LogP contribution in [0, 0.1) is 0 Å². The summed E-state index contributed by atoms with van der Waals surface area (Å²) in [6.07, 6.45) is 1.87. The van der Waals surface area contributed by atoms with Gasteiger partial charge in [-0.25, -0.2) is 0 Å². The summed E-state index contributed by atoms with van der Waals surface area (Å²) in [6, 6.07) is 0. The Balaban J connectivity index is 4.35. The molecular formula is C17H33NO4. The van der Waals surface area contributed by atoms with E-state index in [1.807, 2.05) is 55.5 Å². The standard InChI is InChI=1S/C17H33NO4/c1-15(2,3)21-13(19)9-11-17(7,18-8)12-10-14(20)22-16(4,5)6/h18H,9-12H2,1-8H3. The second-order valence-corrected chi connectivity index (χ2v) is 7.98. The summed E-state index contributed by atoms with van der Waals surface area (Å²) in [5, 5.41) is 3.20. The van der Waals surface area contributed by atoms with Crippen LogP contribution < -0.4 is 5.32 Å². The van der Waals surface area contributed by atoms with Crippen molar-refractivity contribution in [3.8, 4) is 0 Å². The number of hydrogen-bond acceptors (Lipinski definition) is 5. The van der Waals surface area contributed by atoms with Crippen LogP contribution in [-0.4, -0.2) is 35.7 Å². The number of hydrogen-bond donors (Lipinski definition) is 1. The fourth-order valence-corrected chi connectivity index (χ4v) is 1.92. The van der Waals surface area contributed by atoms with Crippen LogP contribution >= 0.6 is 0 Å². The van der Waals surface area contributed by atoms with Gasteiger partial charge in [0.2, 0.25) is 0 Å². The summed E-state index contributed by atoms with van der Waals surface area (Å²) in [6.45, 7) is 13.1. The van der Waals surface area contributed by atoms with Crippen LogP contribution in [0.5, 0.6) is 0 Å². The quantitative estimate of drug-likeness (QED) is 0.731. The largest absolute Gasteiger partial charge is 0.460 e. The maximum Gasteiger partial charge on any atom is 0.306 e. The minimum Gasteiger partial charge on any atom is -0.460 e. The molecule has 0 amide bonds. The number of ether oxygens (including phenoxy) is 2. The summed E-state index contributed by atoms with van der Waals surface area (Å²) in [5.74, 6) is -0.433. The fourth-order valence-electron chi connectivity index (χ4n) is 1.92. The molecule has 0 saturated heterocycles. The van der Waals surface area contributed by atoms with Gasteiger partial charge in [-0.3, -0.25) is 9.59 Å². The SMILES string of the molecule is CNC(C)(CCC(=O)OC(C)(C)C)CCC(=O)OC(C)(C)C. The summed E-state index contributed by atoms with van der Waals surface area (Å²) >= 11 is 0. The molecule has 0 atom stereocenters. The van der Waals surface area contributed by atoms with E-state index < -0.39 is 11.2 Å². The zero-order chi connectivity index (χ0) is 17.6. The second-order valence-electron chi connectivity index (χ2n) is 7.98. The molecular weight excluding hydrogens is 282 g/mol. The van der Waals surface area contributed by atoms with Gasteiger partial charge in [-0.1, -0.05) is 0 Å². The Morgan fingerprint density at radius 2 is 1.09 bits per heavy atom. The molecule has 0 saturated carbocycles. The molecule has 0 spiro atoms. The number of rotatable bonds is 7. The highest BCUT2D eigenvalue weighted by atomic mass is 16.6. The van der Waals surface area contributed by atoms with Crippen molar-refractivity contribution in [1.82, 2.24) is 5.32 Å². The molecule has 0 bridgehead atoms. The van der Waals surface area contributed by atoms with Gasteiger partial charge in [-0.05, 0) is 68.4 Å². The molecule has 5 nitrogen and oxygen atoms in total. The molecule has 0 aliphatic heterocycles. The predicted molar refractivity (Wildman–Crippen MR) is 87.6 cm³/mol. The predicted octanol–water partition coefficient (Wildman–Crippen LogP) is 3.21. The molecule has 0 aliphatic rings. The zero-order valence-corrected chi connectivity index (χ0v) is 15.5. The third kappa shape index (κ3) is 10.6. The van der Waals surface area contributed by atoms with E-state index in [0.717, 1.165) is 0 Å². The summed E-state index contributed by atoms with van der Waals surface area (Å²) in [7, 11) is 1.84. The smallest absolute Gasteiger partial charge is 0.306 e. The Labute approximate surface area is 135 Å². The van der Waals surface area contributed by atoms with Gasteiger partial charge in [0, 0.05) is 18.4 Å². The van der Waals surface area contributed by atoms with Crippen LogP contribution in [-0.2, 0) is 19.1 Å². The van der Waals surface area contributed by atoms with Crippen molar-refractivity contribution in [2.24, 2.45) is 0 Å². The van der Waals surface area contributed by atoms with Crippen molar-refractivity contribution in [2.45, 2.75) is 90.9 Å². The maximum atomic E-state index is 11.8. The Hall–Kier alpha value is -1.10. The first-order chi connectivity index (χ1) is 9.76. The Bertz CT molecular complexity index is 345. The minimum atomic E-state index is -0.469. The van der Waals surface area contributed by atoms with Crippen molar-refractivity contribution in [1.29, 1.82) is 0 Å². The van der Waals surface area contributed by atoms with Crippen LogP contribution in [0.4, 0.5) is 0 Å². The van der Waals surface area contributed by atoms with Gasteiger partial charge in [0.1, 0.15) is 11.2 Å². The van der Waals surface area contributed by atoms with E-state index in [1.54, 1.807) is 0 Å². The number of nitrogens with one attached hydrogen (secondary N) is 1. The molecule has 0 fully saturated rings. The van der Waals surface area contributed by atoms with Crippen molar-refractivity contribution < 1.29 is 19.1 Å². The second kappa shape index (κ2) is 7.95. The monoisotopic (exact) mass is 315 g/mol. The Morgan fingerprint density at radius 1 is 0.773 bits per heavy atom. The highest BCUT2D eigenvalue weighted by Gasteiger charge is 2.27. The normalized spacial score (nSPS) is 12.9. The van der Waals surface area contributed by atoms with Gasteiger partial charge in [-0.2, -0.15) is 0 Å². The van der Waals surface area contributed by atoms with E-state index in [-0.39, 0.29) is 17.5 Å². The topological polar surface area (TPSA) is 64.6 Å². The molecule has 0 aromatic carbocycles. The van der Waals surface area contributed by atoms with Crippen LogP contribution in [0.2, 0.25) is 0 Å². The molecule has 0 unspecified atom stereocenters. The van der Waals surface area contributed by atoms with E-state index >= 15 is 0 Å². The molecule has 0 heterocycles. The molecule has 5 heteroatoms. The third-order valence-electron chi connectivity index (χ3n) is 3.21. The molecule has 0 rings (SSSR count). The molecule has 130 valence electrons. The van der Waals surface area contributed by atoms with Crippen LogP contribution in [0.25, 0.3) is 0 Å². The molecule has 0 aromatic heterocycles. The first kappa shape index (κ1) is 20.9. The lowest BCUT2D eigenvalue weighted by atomic mass is 9.90. The molecule has 1 N–H and O–H groups in total. The van der Waals surface area contributed by atoms with E-state index in [0.29, 0.717) is 25.7 Å². The maximum absolute atomic E-state index is 11.8. The Morgan fingerprint density at radius 3 is 1.32 bits per heavy atom. The van der Waals surface area contributed by atoms with Gasteiger partial charge >= 0.3 is 11.9 Å². The van der Waals surface area contributed by atoms with E-state index in [4.69, 9.17) is 9.47 Å². The van der Waals surface area contributed by atoms with E-state index in [9.17, 15) is 9.59 Å². The summed E-state index contributed by atoms with van der Waals surface area (Å²) < 4.78 is 10.6. The fraction of sp³-hybridized carbons (Fsp3) is 0.882. The van der Waals surface area contributed by atoms with Gasteiger partial charge < -0.3 is 14.8 Å².